The first-order valence-corrected chi connectivity index (χ1v) is 32.7. The molecule has 0 N–H and O–H groups in total. The maximum absolute atomic E-state index is 12.9. The fourth-order valence-electron chi connectivity index (χ4n) is 8.79. The van der Waals surface area contributed by atoms with Gasteiger partial charge < -0.3 is 14.2 Å². The van der Waals surface area contributed by atoms with Gasteiger partial charge in [-0.25, -0.2) is 0 Å². The summed E-state index contributed by atoms with van der Waals surface area (Å²) in [6.45, 7) is 6.37. The molecule has 0 aliphatic rings. The number of carbonyl (C=O) groups is 3. The van der Waals surface area contributed by atoms with Crippen LogP contribution in [-0.2, 0) is 28.6 Å². The first-order valence-electron chi connectivity index (χ1n) is 32.7. The first-order chi connectivity index (χ1) is 39.0. The summed E-state index contributed by atoms with van der Waals surface area (Å²) in [5.74, 6) is -0.948. The van der Waals surface area contributed by atoms with Crippen LogP contribution in [0.4, 0.5) is 0 Å². The molecule has 0 rings (SSSR count). The van der Waals surface area contributed by atoms with Crippen molar-refractivity contribution in [3.63, 3.8) is 0 Å². The minimum Gasteiger partial charge on any atom is -0.462 e. The third kappa shape index (κ3) is 64.3. The normalized spacial score (nSPS) is 13.0. The van der Waals surface area contributed by atoms with Crippen molar-refractivity contribution in [2.45, 2.75) is 297 Å². The lowest BCUT2D eigenvalue weighted by molar-refractivity contribution is -0.167. The van der Waals surface area contributed by atoms with Gasteiger partial charge in [0, 0.05) is 19.3 Å². The summed E-state index contributed by atoms with van der Waals surface area (Å²) in [4.78, 5) is 38.4. The Morgan fingerprint density at radius 1 is 0.266 bits per heavy atom. The molecule has 0 heterocycles. The zero-order chi connectivity index (χ0) is 57.1. The summed E-state index contributed by atoms with van der Waals surface area (Å²) in [6, 6.07) is 0. The molecule has 0 aromatic carbocycles. The van der Waals surface area contributed by atoms with E-state index in [2.05, 4.69) is 154 Å². The number of allylic oxidation sites excluding steroid dienone is 22. The van der Waals surface area contributed by atoms with Crippen LogP contribution in [0, 0.1) is 0 Å². The second-order valence-corrected chi connectivity index (χ2v) is 21.3. The number of rotatable bonds is 58. The van der Waals surface area contributed by atoms with E-state index in [1.807, 2.05) is 0 Å². The predicted molar refractivity (Wildman–Crippen MR) is 343 cm³/mol. The third-order valence-corrected chi connectivity index (χ3v) is 13.6. The summed E-state index contributed by atoms with van der Waals surface area (Å²) in [5.41, 5.74) is 0. The summed E-state index contributed by atoms with van der Waals surface area (Å²) in [5, 5.41) is 0. The second kappa shape index (κ2) is 66.1. The molecular formula is C73H120O6. The Morgan fingerprint density at radius 3 is 0.772 bits per heavy atom. The van der Waals surface area contributed by atoms with Crippen LogP contribution in [0.1, 0.15) is 290 Å². The van der Waals surface area contributed by atoms with E-state index in [4.69, 9.17) is 14.2 Å². The van der Waals surface area contributed by atoms with E-state index in [0.717, 1.165) is 148 Å². The zero-order valence-electron chi connectivity index (χ0n) is 51.3. The van der Waals surface area contributed by atoms with Crippen molar-refractivity contribution in [2.24, 2.45) is 0 Å². The molecule has 0 fully saturated rings. The zero-order valence-corrected chi connectivity index (χ0v) is 51.3. The van der Waals surface area contributed by atoms with Crippen LogP contribution in [0.5, 0.6) is 0 Å². The lowest BCUT2D eigenvalue weighted by Gasteiger charge is -2.18. The topological polar surface area (TPSA) is 78.9 Å². The molecule has 0 saturated carbocycles. The van der Waals surface area contributed by atoms with E-state index in [1.165, 1.54) is 103 Å². The Kier molecular flexibility index (Phi) is 62.3. The Morgan fingerprint density at radius 2 is 0.494 bits per heavy atom. The van der Waals surface area contributed by atoms with Gasteiger partial charge in [-0.05, 0) is 135 Å². The van der Waals surface area contributed by atoms with E-state index in [1.54, 1.807) is 0 Å². The fraction of sp³-hybridized carbons (Fsp3) is 0.658. The van der Waals surface area contributed by atoms with E-state index >= 15 is 0 Å². The first kappa shape index (κ1) is 74.5. The summed E-state index contributed by atoms with van der Waals surface area (Å²) >= 11 is 0. The van der Waals surface area contributed by atoms with Gasteiger partial charge in [-0.15, -0.1) is 0 Å². The quantitative estimate of drug-likeness (QED) is 0.0261. The van der Waals surface area contributed by atoms with Crippen LogP contribution in [-0.4, -0.2) is 37.2 Å². The molecule has 0 aliphatic carbocycles. The molecule has 6 nitrogen and oxygen atoms in total. The number of hydrogen-bond acceptors (Lipinski definition) is 6. The standard InChI is InChI=1S/C73H120O6/c1-4-7-10-13-16-19-22-25-28-31-32-33-34-35-36-37-38-39-40-43-45-48-51-54-57-60-63-66-72(75)78-69-70(79-73(76)67-64-61-58-55-52-49-46-42-30-27-24-21-18-15-12-9-6-3)68-77-71(74)65-62-59-56-53-50-47-44-41-29-26-23-20-17-14-11-8-5-2/h8-9,11-12,17-18,20-22,25-27,29-32,34-35,44,46-47,49,70H,4-7,10,13-16,19,23-24,28,33,36-43,45,48,50-69H2,1-3H3/b11-8-,12-9-,20-17-,21-18-,25-22-,29-26-,30-27-,32-31-,35-34-,47-44-,49-46-. The molecule has 0 radical (unpaired) electrons. The molecule has 0 aromatic heterocycles. The van der Waals surface area contributed by atoms with Crippen molar-refractivity contribution in [1.29, 1.82) is 0 Å². The second-order valence-electron chi connectivity index (χ2n) is 21.3. The Labute approximate surface area is 487 Å². The molecule has 448 valence electrons. The minimum atomic E-state index is -0.809. The van der Waals surface area contributed by atoms with Crippen LogP contribution >= 0.6 is 0 Å². The number of hydrogen-bond donors (Lipinski definition) is 0. The summed E-state index contributed by atoms with van der Waals surface area (Å²) in [6.07, 6.45) is 93.2. The number of carbonyl (C=O) groups excluding carboxylic acids is 3. The Hall–Kier alpha value is -4.45. The van der Waals surface area contributed by atoms with Gasteiger partial charge in [0.2, 0.25) is 0 Å². The molecular weight excluding hydrogens is 973 g/mol. The van der Waals surface area contributed by atoms with E-state index < -0.39 is 6.10 Å². The van der Waals surface area contributed by atoms with Crippen molar-refractivity contribution in [3.05, 3.63) is 134 Å². The van der Waals surface area contributed by atoms with Crippen molar-refractivity contribution >= 4 is 17.9 Å². The van der Waals surface area contributed by atoms with Crippen LogP contribution in [0.25, 0.3) is 0 Å². The van der Waals surface area contributed by atoms with Crippen LogP contribution in [0.2, 0.25) is 0 Å². The van der Waals surface area contributed by atoms with Crippen molar-refractivity contribution in [2.75, 3.05) is 13.2 Å². The van der Waals surface area contributed by atoms with E-state index in [0.29, 0.717) is 12.8 Å². The summed E-state index contributed by atoms with van der Waals surface area (Å²) in [7, 11) is 0. The largest absolute Gasteiger partial charge is 0.462 e. The summed E-state index contributed by atoms with van der Waals surface area (Å²) < 4.78 is 16.9. The average molecular weight is 1090 g/mol. The van der Waals surface area contributed by atoms with Gasteiger partial charge in [-0.2, -0.15) is 0 Å². The Balaban J connectivity index is 4.40. The van der Waals surface area contributed by atoms with Gasteiger partial charge in [-0.3, -0.25) is 14.4 Å². The lowest BCUT2D eigenvalue weighted by Crippen LogP contribution is -2.30. The van der Waals surface area contributed by atoms with Gasteiger partial charge in [0.1, 0.15) is 13.2 Å². The lowest BCUT2D eigenvalue weighted by atomic mass is 10.0. The SMILES string of the molecule is CC/C=C\C/C=C\C/C=C\C/C=C\CCCCCCC(=O)OCC(COC(=O)CCCCCCCCCCCCCC/C=C\C/C=C\C/C=C\CCCCCCC)OC(=O)CCCCCC/C=C\C/C=C\C/C=C\C/C=C\CC. The molecule has 0 bridgehead atoms. The smallest absolute Gasteiger partial charge is 0.306 e. The van der Waals surface area contributed by atoms with Crippen LogP contribution in [0.3, 0.4) is 0 Å². The van der Waals surface area contributed by atoms with Gasteiger partial charge >= 0.3 is 17.9 Å². The predicted octanol–water partition coefficient (Wildman–Crippen LogP) is 22.5. The van der Waals surface area contributed by atoms with Gasteiger partial charge in [0.25, 0.3) is 0 Å². The number of esters is 3. The average Bonchev–Trinajstić information content (AvgIpc) is 3.45. The van der Waals surface area contributed by atoms with Crippen LogP contribution in [0.15, 0.2) is 134 Å². The fourth-order valence-corrected chi connectivity index (χ4v) is 8.79. The number of unbranched alkanes of at least 4 members (excludes halogenated alkanes) is 25. The Bertz CT molecular complexity index is 1680. The monoisotopic (exact) mass is 1090 g/mol. The molecule has 0 aliphatic heterocycles. The van der Waals surface area contributed by atoms with Crippen LogP contribution < -0.4 is 0 Å². The highest BCUT2D eigenvalue weighted by atomic mass is 16.6. The van der Waals surface area contributed by atoms with Crippen molar-refractivity contribution in [3.8, 4) is 0 Å². The molecule has 6 heteroatoms. The molecule has 0 amide bonds. The van der Waals surface area contributed by atoms with Gasteiger partial charge in [-0.1, -0.05) is 270 Å². The highest BCUT2D eigenvalue weighted by molar-refractivity contribution is 5.71. The molecule has 1 atom stereocenters. The van der Waals surface area contributed by atoms with Crippen molar-refractivity contribution < 1.29 is 28.6 Å². The molecule has 0 aromatic rings. The highest BCUT2D eigenvalue weighted by Gasteiger charge is 2.19. The highest BCUT2D eigenvalue weighted by Crippen LogP contribution is 2.15. The van der Waals surface area contributed by atoms with Gasteiger partial charge in [0.15, 0.2) is 6.10 Å². The molecule has 0 spiro atoms. The maximum atomic E-state index is 12.9. The molecule has 1 unspecified atom stereocenters. The van der Waals surface area contributed by atoms with Gasteiger partial charge in [0.05, 0.1) is 0 Å². The van der Waals surface area contributed by atoms with E-state index in [-0.39, 0.29) is 37.5 Å². The van der Waals surface area contributed by atoms with Crippen molar-refractivity contribution in [1.82, 2.24) is 0 Å². The molecule has 79 heavy (non-hydrogen) atoms. The third-order valence-electron chi connectivity index (χ3n) is 13.6. The maximum Gasteiger partial charge on any atom is 0.306 e. The molecule has 0 saturated heterocycles. The minimum absolute atomic E-state index is 0.100. The number of ether oxygens (including phenoxy) is 3. The van der Waals surface area contributed by atoms with E-state index in [9.17, 15) is 14.4 Å².